The summed E-state index contributed by atoms with van der Waals surface area (Å²) in [6.07, 6.45) is 5.83. The molecule has 0 bridgehead atoms. The summed E-state index contributed by atoms with van der Waals surface area (Å²) in [6, 6.07) is 11.8. The Morgan fingerprint density at radius 1 is 0.962 bits per heavy atom. The first-order valence-corrected chi connectivity index (χ1v) is 8.38. The number of hydrogen-bond acceptors (Lipinski definition) is 6. The molecule has 7 nitrogen and oxygen atoms in total. The molecule has 0 amide bonds. The van der Waals surface area contributed by atoms with E-state index in [1.165, 1.54) is 0 Å². The summed E-state index contributed by atoms with van der Waals surface area (Å²) >= 11 is 0. The smallest absolute Gasteiger partial charge is 0.166 e. The zero-order chi connectivity index (χ0) is 17.9. The SMILES string of the molecule is CCc1nc(-c2cnc(-c3ccccc3)nc2C)n(-c2ccnnc2)n1. The highest BCUT2D eigenvalue weighted by Crippen LogP contribution is 2.25. The molecule has 1 aromatic carbocycles. The number of hydrogen-bond donors (Lipinski definition) is 0. The Hall–Kier alpha value is -3.48. The van der Waals surface area contributed by atoms with Gasteiger partial charge in [-0.05, 0) is 13.0 Å². The Kier molecular flexibility index (Phi) is 4.18. The van der Waals surface area contributed by atoms with Gasteiger partial charge in [-0.3, -0.25) is 0 Å². The highest BCUT2D eigenvalue weighted by molar-refractivity contribution is 5.63. The Labute approximate surface area is 150 Å². The molecule has 0 saturated carbocycles. The Bertz CT molecular complexity index is 1030. The summed E-state index contributed by atoms with van der Waals surface area (Å²) in [5.41, 5.74) is 3.47. The van der Waals surface area contributed by atoms with E-state index in [1.807, 2.05) is 50.2 Å². The molecule has 0 saturated heterocycles. The topological polar surface area (TPSA) is 82.3 Å². The number of rotatable bonds is 4. The summed E-state index contributed by atoms with van der Waals surface area (Å²) in [6.45, 7) is 3.98. The maximum Gasteiger partial charge on any atom is 0.166 e. The lowest BCUT2D eigenvalue weighted by atomic mass is 10.2. The third kappa shape index (κ3) is 2.95. The van der Waals surface area contributed by atoms with Gasteiger partial charge in [-0.1, -0.05) is 37.3 Å². The van der Waals surface area contributed by atoms with E-state index in [4.69, 9.17) is 0 Å². The fourth-order valence-electron chi connectivity index (χ4n) is 2.68. The van der Waals surface area contributed by atoms with Crippen molar-refractivity contribution in [2.24, 2.45) is 0 Å². The van der Waals surface area contributed by atoms with Crippen molar-refractivity contribution in [2.75, 3.05) is 0 Å². The number of benzene rings is 1. The minimum Gasteiger partial charge on any atom is -0.236 e. The lowest BCUT2D eigenvalue weighted by Crippen LogP contribution is -2.03. The van der Waals surface area contributed by atoms with Crippen LogP contribution in [0.3, 0.4) is 0 Å². The average Bonchev–Trinajstić information content (AvgIpc) is 3.13. The monoisotopic (exact) mass is 343 g/mol. The fraction of sp³-hybridized carbons (Fsp3) is 0.158. The van der Waals surface area contributed by atoms with E-state index in [0.717, 1.165) is 34.8 Å². The quantitative estimate of drug-likeness (QED) is 0.566. The summed E-state index contributed by atoms with van der Waals surface area (Å²) in [5.74, 6) is 2.15. The highest BCUT2D eigenvalue weighted by Gasteiger charge is 2.17. The molecule has 3 heterocycles. The number of nitrogens with zero attached hydrogens (tertiary/aromatic N) is 7. The van der Waals surface area contributed by atoms with Crippen molar-refractivity contribution in [3.05, 3.63) is 66.5 Å². The Balaban J connectivity index is 1.82. The predicted octanol–water partition coefficient (Wildman–Crippen LogP) is 3.05. The van der Waals surface area contributed by atoms with Crippen molar-refractivity contribution in [2.45, 2.75) is 20.3 Å². The van der Waals surface area contributed by atoms with Crippen molar-refractivity contribution >= 4 is 0 Å². The lowest BCUT2D eigenvalue weighted by molar-refractivity contribution is 0.829. The predicted molar refractivity (Wildman–Crippen MR) is 97.5 cm³/mol. The number of aromatic nitrogens is 7. The van der Waals surface area contributed by atoms with Gasteiger partial charge in [0.2, 0.25) is 0 Å². The largest absolute Gasteiger partial charge is 0.236 e. The van der Waals surface area contributed by atoms with Crippen LogP contribution in [0.1, 0.15) is 18.4 Å². The summed E-state index contributed by atoms with van der Waals surface area (Å²) < 4.78 is 1.77. The van der Waals surface area contributed by atoms with Gasteiger partial charge in [0, 0.05) is 18.2 Å². The van der Waals surface area contributed by atoms with E-state index in [1.54, 1.807) is 23.3 Å². The average molecular weight is 343 g/mol. The highest BCUT2D eigenvalue weighted by atomic mass is 15.4. The van der Waals surface area contributed by atoms with Crippen LogP contribution in [-0.2, 0) is 6.42 Å². The van der Waals surface area contributed by atoms with Crippen molar-refractivity contribution in [1.29, 1.82) is 0 Å². The molecule has 0 aliphatic rings. The molecule has 0 aliphatic heterocycles. The Morgan fingerprint density at radius 3 is 2.50 bits per heavy atom. The fourth-order valence-corrected chi connectivity index (χ4v) is 2.68. The van der Waals surface area contributed by atoms with E-state index in [9.17, 15) is 0 Å². The minimum absolute atomic E-state index is 0.694. The molecule has 26 heavy (non-hydrogen) atoms. The third-order valence-electron chi connectivity index (χ3n) is 4.03. The molecule has 0 unspecified atom stereocenters. The third-order valence-corrected chi connectivity index (χ3v) is 4.03. The molecule has 0 N–H and O–H groups in total. The first-order chi connectivity index (χ1) is 12.8. The van der Waals surface area contributed by atoms with Gasteiger partial charge in [0.25, 0.3) is 0 Å². The van der Waals surface area contributed by atoms with Crippen LogP contribution in [-0.4, -0.2) is 34.9 Å². The van der Waals surface area contributed by atoms with Crippen LogP contribution in [0.25, 0.3) is 28.5 Å². The van der Waals surface area contributed by atoms with Crippen molar-refractivity contribution in [3.8, 4) is 28.5 Å². The van der Waals surface area contributed by atoms with Crippen LogP contribution in [0, 0.1) is 6.92 Å². The van der Waals surface area contributed by atoms with Crippen molar-refractivity contribution < 1.29 is 0 Å². The summed E-state index contributed by atoms with van der Waals surface area (Å²) in [4.78, 5) is 13.9. The van der Waals surface area contributed by atoms with Gasteiger partial charge in [0.05, 0.1) is 29.3 Å². The molecule has 128 valence electrons. The van der Waals surface area contributed by atoms with E-state index in [0.29, 0.717) is 11.6 Å². The van der Waals surface area contributed by atoms with Gasteiger partial charge in [0.15, 0.2) is 17.5 Å². The van der Waals surface area contributed by atoms with Gasteiger partial charge in [-0.2, -0.15) is 15.3 Å². The molecule has 3 aromatic heterocycles. The zero-order valence-corrected chi connectivity index (χ0v) is 14.5. The maximum absolute atomic E-state index is 4.67. The molecule has 0 fully saturated rings. The van der Waals surface area contributed by atoms with Crippen LogP contribution in [0.15, 0.2) is 55.0 Å². The maximum atomic E-state index is 4.67. The van der Waals surface area contributed by atoms with Gasteiger partial charge >= 0.3 is 0 Å². The van der Waals surface area contributed by atoms with E-state index in [2.05, 4.69) is 30.2 Å². The second kappa shape index (κ2) is 6.79. The van der Waals surface area contributed by atoms with E-state index >= 15 is 0 Å². The summed E-state index contributed by atoms with van der Waals surface area (Å²) in [7, 11) is 0. The number of aryl methyl sites for hydroxylation is 2. The molecule has 4 aromatic rings. The van der Waals surface area contributed by atoms with Crippen molar-refractivity contribution in [3.63, 3.8) is 0 Å². The molecular formula is C19H17N7. The Morgan fingerprint density at radius 2 is 1.81 bits per heavy atom. The molecule has 4 rings (SSSR count). The molecule has 0 radical (unpaired) electrons. The normalized spacial score (nSPS) is 10.8. The van der Waals surface area contributed by atoms with Crippen LogP contribution in [0.2, 0.25) is 0 Å². The second-order valence-electron chi connectivity index (χ2n) is 5.78. The van der Waals surface area contributed by atoms with Crippen LogP contribution < -0.4 is 0 Å². The van der Waals surface area contributed by atoms with Gasteiger partial charge < -0.3 is 0 Å². The molecular weight excluding hydrogens is 326 g/mol. The first kappa shape index (κ1) is 16.0. The molecule has 0 spiro atoms. The summed E-state index contributed by atoms with van der Waals surface area (Å²) in [5, 5.41) is 12.3. The first-order valence-electron chi connectivity index (χ1n) is 8.38. The van der Waals surface area contributed by atoms with Gasteiger partial charge in [-0.15, -0.1) is 0 Å². The van der Waals surface area contributed by atoms with E-state index in [-0.39, 0.29) is 0 Å². The zero-order valence-electron chi connectivity index (χ0n) is 14.5. The van der Waals surface area contributed by atoms with Gasteiger partial charge in [0.1, 0.15) is 0 Å². The molecule has 0 aliphatic carbocycles. The lowest BCUT2D eigenvalue weighted by Gasteiger charge is -2.08. The van der Waals surface area contributed by atoms with Crippen molar-refractivity contribution in [1.82, 2.24) is 34.9 Å². The second-order valence-corrected chi connectivity index (χ2v) is 5.78. The standard InChI is InChI=1S/C19H17N7/c1-3-17-24-19(26(25-17)15-9-10-21-22-11-15)16-12-20-18(23-13(16)2)14-7-5-4-6-8-14/h4-12H,3H2,1-2H3. The molecule has 0 atom stereocenters. The van der Waals surface area contributed by atoms with E-state index < -0.39 is 0 Å². The minimum atomic E-state index is 0.694. The van der Waals surface area contributed by atoms with Crippen LogP contribution in [0.4, 0.5) is 0 Å². The van der Waals surface area contributed by atoms with Crippen LogP contribution >= 0.6 is 0 Å². The van der Waals surface area contributed by atoms with Crippen LogP contribution in [0.5, 0.6) is 0 Å². The van der Waals surface area contributed by atoms with Gasteiger partial charge in [-0.25, -0.2) is 19.6 Å². The molecule has 7 heteroatoms.